The van der Waals surface area contributed by atoms with Gasteiger partial charge in [-0.2, -0.15) is 22.6 Å². The molecule has 2 rings (SSSR count). The monoisotopic (exact) mass is 325 g/mol. The van der Waals surface area contributed by atoms with E-state index < -0.39 is 47.1 Å². The molecule has 0 aromatic heterocycles. The number of benzene rings is 1. The van der Waals surface area contributed by atoms with E-state index in [0.717, 1.165) is 0 Å². The van der Waals surface area contributed by atoms with Gasteiger partial charge in [-0.1, -0.05) is 0 Å². The first-order chi connectivity index (χ1) is 10.0. The Morgan fingerprint density at radius 2 is 1.45 bits per heavy atom. The molecular weight excluding hydrogens is 317 g/mol. The third-order valence-corrected chi connectivity index (χ3v) is 2.31. The van der Waals surface area contributed by atoms with Crippen LogP contribution in [0.15, 0.2) is 22.1 Å². The van der Waals surface area contributed by atoms with Gasteiger partial charge in [-0.15, -0.1) is 0 Å². The molecule has 1 aliphatic rings. The van der Waals surface area contributed by atoms with Crippen LogP contribution in [-0.4, -0.2) is 24.1 Å². The van der Waals surface area contributed by atoms with Gasteiger partial charge in [0.05, 0.1) is 0 Å². The Hall–Kier alpha value is -2.79. The molecule has 0 radical (unpaired) electrons. The third-order valence-electron chi connectivity index (χ3n) is 2.31. The van der Waals surface area contributed by atoms with Crippen molar-refractivity contribution in [3.05, 3.63) is 17.9 Å². The highest BCUT2D eigenvalue weighted by molar-refractivity contribution is 5.93. The molecule has 0 unspecified atom stereocenters. The molecule has 1 heterocycles. The molecule has 6 N–H and O–H groups in total. The molecule has 1 aromatic rings. The van der Waals surface area contributed by atoms with Crippen molar-refractivity contribution in [2.45, 2.75) is 12.2 Å². The first-order valence-corrected chi connectivity index (χ1v) is 5.43. The average molecular weight is 325 g/mol. The lowest BCUT2D eigenvalue weighted by molar-refractivity contribution is -0.391. The Morgan fingerprint density at radius 3 is 1.95 bits per heavy atom. The number of fused-ring (bicyclic) bond motifs is 1. The number of guanidine groups is 2. The van der Waals surface area contributed by atoms with E-state index in [4.69, 9.17) is 17.2 Å². The van der Waals surface area contributed by atoms with Gasteiger partial charge in [0.2, 0.25) is 5.96 Å². The van der Waals surface area contributed by atoms with Crippen LogP contribution in [-0.2, 0) is 0 Å². The predicted molar refractivity (Wildman–Crippen MR) is 64.6 cm³/mol. The van der Waals surface area contributed by atoms with E-state index in [2.05, 4.69) is 19.5 Å². The minimum Gasteiger partial charge on any atom is -0.421 e. The molecule has 0 fully saturated rings. The largest absolute Gasteiger partial charge is 0.507 e. The lowest BCUT2D eigenvalue weighted by Crippen LogP contribution is -2.52. The lowest BCUT2D eigenvalue weighted by Gasteiger charge is -2.31. The number of rotatable bonds is 1. The Kier molecular flexibility index (Phi) is 3.47. The van der Waals surface area contributed by atoms with Crippen molar-refractivity contribution in [1.29, 1.82) is 0 Å². The Labute approximate surface area is 119 Å². The van der Waals surface area contributed by atoms with Gasteiger partial charge in [0, 0.05) is 12.1 Å². The molecular formula is C10H8F5N5O2. The summed E-state index contributed by atoms with van der Waals surface area (Å²) in [5.74, 6) is -4.04. The van der Waals surface area contributed by atoms with Crippen molar-refractivity contribution in [1.82, 2.24) is 0 Å². The van der Waals surface area contributed by atoms with Gasteiger partial charge in [0.25, 0.3) is 0 Å². The second-order valence-corrected chi connectivity index (χ2v) is 3.99. The van der Waals surface area contributed by atoms with Gasteiger partial charge in [0.15, 0.2) is 23.3 Å². The quantitative estimate of drug-likeness (QED) is 0.404. The summed E-state index contributed by atoms with van der Waals surface area (Å²) in [6.07, 6.45) is -9.89. The summed E-state index contributed by atoms with van der Waals surface area (Å²) >= 11 is 0. The second kappa shape index (κ2) is 4.89. The highest BCUT2D eigenvalue weighted by Crippen LogP contribution is 2.48. The van der Waals surface area contributed by atoms with Gasteiger partial charge >= 0.3 is 12.2 Å². The number of ether oxygens (including phenoxy) is 2. The van der Waals surface area contributed by atoms with Crippen molar-refractivity contribution in [3.8, 4) is 11.5 Å². The van der Waals surface area contributed by atoms with E-state index in [1.54, 1.807) is 0 Å². The SMILES string of the molecule is NC(N)=NC(N)=Nc1cc2c(cc1F)OC(F)(F)C(F)(F)O2. The van der Waals surface area contributed by atoms with Crippen molar-refractivity contribution in [2.75, 3.05) is 0 Å². The number of nitrogens with two attached hydrogens (primary N) is 3. The fourth-order valence-corrected chi connectivity index (χ4v) is 1.45. The van der Waals surface area contributed by atoms with Crippen LogP contribution in [0.5, 0.6) is 11.5 Å². The Bertz CT molecular complexity index is 672. The summed E-state index contributed by atoms with van der Waals surface area (Å²) in [7, 11) is 0. The molecule has 1 aliphatic heterocycles. The minimum atomic E-state index is -4.95. The van der Waals surface area contributed by atoms with Crippen LogP contribution in [0.4, 0.5) is 27.6 Å². The maximum Gasteiger partial charge on any atom is 0.507 e. The zero-order chi connectivity index (χ0) is 16.7. The standard InChI is InChI=1S/C10H8F5N5O2/c11-3-1-5-6(22-10(14,15)9(12,13)21-5)2-4(3)19-8(18)20-7(16)17/h1-2H,(H6,16,17,18,19,20). The first-order valence-electron chi connectivity index (χ1n) is 5.43. The van der Waals surface area contributed by atoms with Gasteiger partial charge in [0.1, 0.15) is 5.69 Å². The summed E-state index contributed by atoms with van der Waals surface area (Å²) in [6, 6.07) is 0.975. The van der Waals surface area contributed by atoms with Crippen molar-refractivity contribution in [2.24, 2.45) is 27.2 Å². The van der Waals surface area contributed by atoms with Crippen LogP contribution >= 0.6 is 0 Å². The van der Waals surface area contributed by atoms with Gasteiger partial charge in [-0.05, 0) is 0 Å². The topological polar surface area (TPSA) is 121 Å². The van der Waals surface area contributed by atoms with Crippen molar-refractivity contribution in [3.63, 3.8) is 0 Å². The Morgan fingerprint density at radius 1 is 0.955 bits per heavy atom. The van der Waals surface area contributed by atoms with Crippen LogP contribution in [0.25, 0.3) is 0 Å². The molecule has 0 aliphatic carbocycles. The fraction of sp³-hybridized carbons (Fsp3) is 0.200. The fourth-order valence-electron chi connectivity index (χ4n) is 1.45. The second-order valence-electron chi connectivity index (χ2n) is 3.99. The molecule has 120 valence electrons. The van der Waals surface area contributed by atoms with Crippen LogP contribution in [0.3, 0.4) is 0 Å². The summed E-state index contributed by atoms with van der Waals surface area (Å²) < 4.78 is 73.2. The molecule has 0 saturated heterocycles. The number of halogens is 5. The molecule has 12 heteroatoms. The van der Waals surface area contributed by atoms with Crippen LogP contribution < -0.4 is 26.7 Å². The zero-order valence-corrected chi connectivity index (χ0v) is 10.5. The van der Waals surface area contributed by atoms with Crippen LogP contribution in [0, 0.1) is 5.82 Å². The summed E-state index contributed by atoms with van der Waals surface area (Å²) in [5.41, 5.74) is 14.6. The lowest BCUT2D eigenvalue weighted by atomic mass is 10.2. The highest BCUT2D eigenvalue weighted by atomic mass is 19.3. The maximum atomic E-state index is 13.7. The van der Waals surface area contributed by atoms with E-state index >= 15 is 0 Å². The van der Waals surface area contributed by atoms with Crippen LogP contribution in [0.1, 0.15) is 0 Å². The molecule has 22 heavy (non-hydrogen) atoms. The van der Waals surface area contributed by atoms with Gasteiger partial charge < -0.3 is 26.7 Å². The molecule has 0 saturated carbocycles. The highest BCUT2D eigenvalue weighted by Gasteiger charge is 2.66. The number of aliphatic imine (C=N–C) groups is 2. The summed E-state index contributed by atoms with van der Waals surface area (Å²) in [5, 5.41) is 0. The molecule has 1 aromatic carbocycles. The first kappa shape index (κ1) is 15.6. The smallest absolute Gasteiger partial charge is 0.421 e. The van der Waals surface area contributed by atoms with E-state index in [0.29, 0.717) is 12.1 Å². The van der Waals surface area contributed by atoms with Crippen molar-refractivity contribution >= 4 is 17.6 Å². The number of nitrogens with zero attached hydrogens (tertiary/aromatic N) is 2. The molecule has 7 nitrogen and oxygen atoms in total. The van der Waals surface area contributed by atoms with E-state index in [1.807, 2.05) is 0 Å². The molecule has 0 atom stereocenters. The van der Waals surface area contributed by atoms with E-state index in [1.165, 1.54) is 0 Å². The number of alkyl halides is 4. The third kappa shape index (κ3) is 2.80. The van der Waals surface area contributed by atoms with Gasteiger partial charge in [-0.3, -0.25) is 0 Å². The maximum absolute atomic E-state index is 13.7. The van der Waals surface area contributed by atoms with Gasteiger partial charge in [-0.25, -0.2) is 9.38 Å². The summed E-state index contributed by atoms with van der Waals surface area (Å²) in [6.45, 7) is 0. The van der Waals surface area contributed by atoms with Crippen molar-refractivity contribution < 1.29 is 31.4 Å². The average Bonchev–Trinajstić information content (AvgIpc) is 2.31. The Balaban J connectivity index is 2.46. The molecule has 0 amide bonds. The molecule has 0 spiro atoms. The predicted octanol–water partition coefficient (Wildman–Crippen LogP) is 1.00. The number of hydrogen-bond acceptors (Lipinski definition) is 3. The molecule has 0 bridgehead atoms. The normalized spacial score (nSPS) is 18.7. The van der Waals surface area contributed by atoms with E-state index in [-0.39, 0.29) is 0 Å². The zero-order valence-electron chi connectivity index (χ0n) is 10.5. The van der Waals surface area contributed by atoms with E-state index in [9.17, 15) is 22.0 Å². The minimum absolute atomic E-state index is 0.389. The number of hydrogen-bond donors (Lipinski definition) is 3. The summed E-state index contributed by atoms with van der Waals surface area (Å²) in [4.78, 5) is 6.67. The van der Waals surface area contributed by atoms with Crippen LogP contribution in [0.2, 0.25) is 0 Å².